The van der Waals surface area contributed by atoms with E-state index in [1.54, 1.807) is 49.4 Å². The molecule has 3 aromatic rings. The van der Waals surface area contributed by atoms with Crippen LogP contribution in [0, 0.1) is 19.7 Å². The molecule has 0 unspecified atom stereocenters. The summed E-state index contributed by atoms with van der Waals surface area (Å²) in [6.45, 7) is 3.79. The molecule has 0 aliphatic carbocycles. The van der Waals surface area contributed by atoms with Gasteiger partial charge in [0.05, 0.1) is 5.69 Å². The maximum absolute atomic E-state index is 13.3. The minimum atomic E-state index is -0.803. The number of nitrogens with zero attached hydrogens (tertiary/aromatic N) is 1. The molecule has 3 aromatic carbocycles. The molecule has 34 heavy (non-hydrogen) atoms. The molecular formula is C26H20BrFN2O4. The zero-order valence-corrected chi connectivity index (χ0v) is 20.0. The third-order valence-electron chi connectivity index (χ3n) is 5.29. The number of ether oxygens (including phenoxy) is 1. The average molecular weight is 523 g/mol. The number of benzene rings is 3. The largest absolute Gasteiger partial charge is 0.488 e. The number of hydrogen-bond donors (Lipinski definition) is 1. The van der Waals surface area contributed by atoms with Gasteiger partial charge in [-0.05, 0) is 73.0 Å². The van der Waals surface area contributed by atoms with Crippen molar-refractivity contribution in [3.05, 3.63) is 98.8 Å². The Balaban J connectivity index is 1.69. The second-order valence-electron chi connectivity index (χ2n) is 7.85. The molecule has 4 amide bonds. The van der Waals surface area contributed by atoms with Crippen LogP contribution < -0.4 is 15.0 Å². The predicted octanol–water partition coefficient (Wildman–Crippen LogP) is 5.45. The molecule has 1 fully saturated rings. The Hall–Kier alpha value is -3.78. The van der Waals surface area contributed by atoms with Gasteiger partial charge in [0.25, 0.3) is 11.8 Å². The normalized spacial score (nSPS) is 15.0. The van der Waals surface area contributed by atoms with Gasteiger partial charge in [0.15, 0.2) is 0 Å². The smallest absolute Gasteiger partial charge is 0.335 e. The van der Waals surface area contributed by atoms with Gasteiger partial charge < -0.3 is 4.74 Å². The van der Waals surface area contributed by atoms with Gasteiger partial charge in [0.1, 0.15) is 23.7 Å². The first kappa shape index (κ1) is 23.4. The quantitative estimate of drug-likeness (QED) is 0.357. The Morgan fingerprint density at radius 2 is 1.74 bits per heavy atom. The summed E-state index contributed by atoms with van der Waals surface area (Å²) in [7, 11) is 0. The number of imide groups is 2. The second kappa shape index (κ2) is 9.61. The Morgan fingerprint density at radius 1 is 1.00 bits per heavy atom. The van der Waals surface area contributed by atoms with E-state index in [0.29, 0.717) is 27.0 Å². The molecule has 1 aliphatic heterocycles. The molecule has 0 radical (unpaired) electrons. The van der Waals surface area contributed by atoms with Crippen molar-refractivity contribution in [2.45, 2.75) is 20.5 Å². The number of amides is 4. The Kier molecular flexibility index (Phi) is 6.61. The fourth-order valence-corrected chi connectivity index (χ4v) is 3.88. The molecule has 4 rings (SSSR count). The zero-order valence-electron chi connectivity index (χ0n) is 18.4. The van der Waals surface area contributed by atoms with Crippen molar-refractivity contribution in [2.75, 3.05) is 4.90 Å². The number of nitrogens with one attached hydrogen (secondary N) is 1. The molecule has 0 bridgehead atoms. The van der Waals surface area contributed by atoms with Crippen molar-refractivity contribution in [3.8, 4) is 5.75 Å². The van der Waals surface area contributed by atoms with Crippen molar-refractivity contribution < 1.29 is 23.5 Å². The molecular weight excluding hydrogens is 503 g/mol. The Labute approximate surface area is 204 Å². The van der Waals surface area contributed by atoms with Gasteiger partial charge >= 0.3 is 6.03 Å². The fraction of sp³-hybridized carbons (Fsp3) is 0.115. The minimum absolute atomic E-state index is 0.158. The summed E-state index contributed by atoms with van der Waals surface area (Å²) in [5.41, 5.74) is 3.00. The van der Waals surface area contributed by atoms with Gasteiger partial charge in [-0.2, -0.15) is 0 Å². The third kappa shape index (κ3) is 4.92. The van der Waals surface area contributed by atoms with Gasteiger partial charge in [-0.3, -0.25) is 14.9 Å². The molecule has 0 atom stereocenters. The summed E-state index contributed by atoms with van der Waals surface area (Å²) in [6.07, 6.45) is 1.40. The molecule has 172 valence electrons. The maximum Gasteiger partial charge on any atom is 0.335 e. The summed E-state index contributed by atoms with van der Waals surface area (Å²) in [5, 5.41) is 2.24. The number of hydrogen-bond acceptors (Lipinski definition) is 4. The molecule has 1 heterocycles. The van der Waals surface area contributed by atoms with Crippen molar-refractivity contribution >= 4 is 45.5 Å². The highest BCUT2D eigenvalue weighted by molar-refractivity contribution is 9.10. The first-order valence-electron chi connectivity index (χ1n) is 10.4. The summed E-state index contributed by atoms with van der Waals surface area (Å²) >= 11 is 3.39. The van der Waals surface area contributed by atoms with Gasteiger partial charge in [0, 0.05) is 10.0 Å². The lowest BCUT2D eigenvalue weighted by atomic mass is 10.0. The van der Waals surface area contributed by atoms with E-state index >= 15 is 0 Å². The van der Waals surface area contributed by atoms with E-state index in [9.17, 15) is 18.8 Å². The monoisotopic (exact) mass is 522 g/mol. The molecule has 0 saturated carbocycles. The van der Waals surface area contributed by atoms with Crippen LogP contribution in [0.5, 0.6) is 5.75 Å². The predicted molar refractivity (Wildman–Crippen MR) is 130 cm³/mol. The Bertz CT molecular complexity index is 1340. The Morgan fingerprint density at radius 3 is 2.47 bits per heavy atom. The molecule has 1 saturated heterocycles. The maximum atomic E-state index is 13.3. The summed E-state index contributed by atoms with van der Waals surface area (Å²) in [4.78, 5) is 39.5. The van der Waals surface area contributed by atoms with Crippen LogP contribution in [0.3, 0.4) is 0 Å². The number of aryl methyl sites for hydroxylation is 2. The van der Waals surface area contributed by atoms with Crippen LogP contribution in [0.2, 0.25) is 0 Å². The minimum Gasteiger partial charge on any atom is -0.488 e. The first-order valence-corrected chi connectivity index (χ1v) is 11.2. The number of urea groups is 1. The SMILES string of the molecule is Cc1ccc(C)c(N2C(=O)NC(=O)/C(=C\c3cc(Br)ccc3OCc3ccc(F)cc3)C2=O)c1. The molecule has 8 heteroatoms. The first-order chi connectivity index (χ1) is 16.2. The average Bonchev–Trinajstić information content (AvgIpc) is 2.79. The zero-order chi connectivity index (χ0) is 24.4. The fourth-order valence-electron chi connectivity index (χ4n) is 3.50. The van der Waals surface area contributed by atoms with Crippen LogP contribution in [0.1, 0.15) is 22.3 Å². The number of rotatable bonds is 5. The van der Waals surface area contributed by atoms with Gasteiger partial charge in [-0.25, -0.2) is 14.1 Å². The van der Waals surface area contributed by atoms with Crippen LogP contribution in [0.4, 0.5) is 14.9 Å². The van der Waals surface area contributed by atoms with Crippen LogP contribution in [-0.4, -0.2) is 17.8 Å². The van der Waals surface area contributed by atoms with Crippen LogP contribution in [-0.2, 0) is 16.2 Å². The number of barbiturate groups is 1. The highest BCUT2D eigenvalue weighted by Crippen LogP contribution is 2.30. The van der Waals surface area contributed by atoms with Crippen LogP contribution in [0.15, 0.2) is 70.7 Å². The lowest BCUT2D eigenvalue weighted by Gasteiger charge is -2.28. The van der Waals surface area contributed by atoms with E-state index in [2.05, 4.69) is 21.2 Å². The highest BCUT2D eigenvalue weighted by atomic mass is 79.9. The van der Waals surface area contributed by atoms with E-state index < -0.39 is 17.8 Å². The van der Waals surface area contributed by atoms with E-state index in [0.717, 1.165) is 16.0 Å². The summed E-state index contributed by atoms with van der Waals surface area (Å²) in [6, 6.07) is 15.7. The van der Waals surface area contributed by atoms with E-state index in [4.69, 9.17) is 4.74 Å². The highest BCUT2D eigenvalue weighted by Gasteiger charge is 2.37. The van der Waals surface area contributed by atoms with E-state index in [1.165, 1.54) is 18.2 Å². The topological polar surface area (TPSA) is 75.7 Å². The molecule has 1 N–H and O–H groups in total. The van der Waals surface area contributed by atoms with Crippen molar-refractivity contribution in [1.29, 1.82) is 0 Å². The van der Waals surface area contributed by atoms with E-state index in [-0.39, 0.29) is 18.0 Å². The summed E-state index contributed by atoms with van der Waals surface area (Å²) < 4.78 is 19.8. The van der Waals surface area contributed by atoms with Crippen molar-refractivity contribution in [1.82, 2.24) is 5.32 Å². The van der Waals surface area contributed by atoms with Gasteiger partial charge in [-0.1, -0.05) is 40.2 Å². The standard InChI is InChI=1S/C26H20BrFN2O4/c1-15-3-4-16(2)22(11-15)30-25(32)21(24(31)29-26(30)33)13-18-12-19(27)7-10-23(18)34-14-17-5-8-20(28)9-6-17/h3-13H,14H2,1-2H3,(H,29,31,33)/b21-13+. The lowest BCUT2D eigenvalue weighted by molar-refractivity contribution is -0.122. The van der Waals surface area contributed by atoms with Crippen molar-refractivity contribution in [3.63, 3.8) is 0 Å². The summed E-state index contributed by atoms with van der Waals surface area (Å²) in [5.74, 6) is -1.45. The lowest BCUT2D eigenvalue weighted by Crippen LogP contribution is -2.54. The van der Waals surface area contributed by atoms with Crippen LogP contribution >= 0.6 is 15.9 Å². The number of anilines is 1. The van der Waals surface area contributed by atoms with Crippen molar-refractivity contribution in [2.24, 2.45) is 0 Å². The van der Waals surface area contributed by atoms with E-state index in [1.807, 2.05) is 13.0 Å². The molecule has 1 aliphatic rings. The number of carbonyl (C=O) groups excluding carboxylic acids is 3. The molecule has 0 spiro atoms. The van der Waals surface area contributed by atoms with Gasteiger partial charge in [-0.15, -0.1) is 0 Å². The second-order valence-corrected chi connectivity index (χ2v) is 8.76. The number of halogens is 2. The molecule has 6 nitrogen and oxygen atoms in total. The third-order valence-corrected chi connectivity index (χ3v) is 5.78. The molecule has 0 aromatic heterocycles. The van der Waals surface area contributed by atoms with Crippen LogP contribution in [0.25, 0.3) is 6.08 Å². The van der Waals surface area contributed by atoms with Gasteiger partial charge in [0.2, 0.25) is 0 Å². The number of carbonyl (C=O) groups is 3.